The summed E-state index contributed by atoms with van der Waals surface area (Å²) in [7, 11) is 0. The second kappa shape index (κ2) is 6.93. The molecule has 1 fully saturated rings. The van der Waals surface area contributed by atoms with E-state index >= 15 is 0 Å². The Morgan fingerprint density at radius 2 is 2.12 bits per heavy atom. The van der Waals surface area contributed by atoms with Crippen LogP contribution in [0.25, 0.3) is 0 Å². The Morgan fingerprint density at radius 3 is 2.85 bits per heavy atom. The third-order valence-electron chi connectivity index (χ3n) is 4.50. The van der Waals surface area contributed by atoms with Gasteiger partial charge >= 0.3 is 0 Å². The molecule has 2 aliphatic rings. The molecule has 1 aliphatic heterocycles. The Hall–Kier alpha value is -2.05. The van der Waals surface area contributed by atoms with Crippen molar-refractivity contribution in [2.45, 2.75) is 30.3 Å². The molecule has 2 aromatic rings. The molecule has 0 saturated heterocycles. The van der Waals surface area contributed by atoms with Crippen molar-refractivity contribution >= 4 is 40.9 Å². The number of anilines is 1. The summed E-state index contributed by atoms with van der Waals surface area (Å²) in [6, 6.07) is 9.91. The number of amides is 2. The molecule has 1 aliphatic carbocycles. The third kappa shape index (κ3) is 3.44. The van der Waals surface area contributed by atoms with Crippen LogP contribution in [0.5, 0.6) is 0 Å². The Bertz CT molecular complexity index is 881. The zero-order chi connectivity index (χ0) is 18.3. The summed E-state index contributed by atoms with van der Waals surface area (Å²) in [4.78, 5) is 27.3. The van der Waals surface area contributed by atoms with Gasteiger partial charge in [-0.2, -0.15) is 0 Å². The minimum absolute atomic E-state index is 0.0794. The van der Waals surface area contributed by atoms with Gasteiger partial charge in [0.05, 0.1) is 18.0 Å². The summed E-state index contributed by atoms with van der Waals surface area (Å²) in [6.45, 7) is 0.132. The normalized spacial score (nSPS) is 16.0. The van der Waals surface area contributed by atoms with E-state index in [2.05, 4.69) is 5.32 Å². The smallest absolute Gasteiger partial charge is 0.254 e. The van der Waals surface area contributed by atoms with E-state index < -0.39 is 5.82 Å². The maximum absolute atomic E-state index is 14.2. The molecular formula is C19H16ClFN2O2S. The van der Waals surface area contributed by atoms with Crippen molar-refractivity contribution in [2.24, 2.45) is 0 Å². The van der Waals surface area contributed by atoms with Gasteiger partial charge in [-0.15, -0.1) is 11.8 Å². The molecule has 0 radical (unpaired) electrons. The molecule has 134 valence electrons. The SMILES string of the molecule is O=C1CSc2ccc(C(=O)N(Cc3c(F)cccc3Cl)C3CC3)cc2N1. The van der Waals surface area contributed by atoms with Crippen LogP contribution in [0.4, 0.5) is 10.1 Å². The van der Waals surface area contributed by atoms with Crippen LogP contribution in [0, 0.1) is 5.82 Å². The number of thioether (sulfide) groups is 1. The maximum atomic E-state index is 14.2. The second-order valence-corrected chi connectivity index (χ2v) is 7.84. The molecule has 2 aromatic carbocycles. The van der Waals surface area contributed by atoms with Crippen molar-refractivity contribution in [3.8, 4) is 0 Å². The Morgan fingerprint density at radius 1 is 1.31 bits per heavy atom. The van der Waals surface area contributed by atoms with E-state index in [1.54, 1.807) is 29.2 Å². The summed E-state index contributed by atoms with van der Waals surface area (Å²) in [6.07, 6.45) is 1.80. The molecule has 1 N–H and O–H groups in total. The monoisotopic (exact) mass is 390 g/mol. The molecule has 0 unspecified atom stereocenters. The first-order chi connectivity index (χ1) is 12.5. The van der Waals surface area contributed by atoms with Gasteiger partial charge in [0.15, 0.2) is 0 Å². The van der Waals surface area contributed by atoms with Crippen molar-refractivity contribution in [2.75, 3.05) is 11.1 Å². The molecule has 0 spiro atoms. The molecule has 1 heterocycles. The first kappa shape index (κ1) is 17.4. The molecular weight excluding hydrogens is 375 g/mol. The number of hydrogen-bond acceptors (Lipinski definition) is 3. The van der Waals surface area contributed by atoms with Crippen LogP contribution in [0.1, 0.15) is 28.8 Å². The quantitative estimate of drug-likeness (QED) is 0.845. The van der Waals surface area contributed by atoms with E-state index in [9.17, 15) is 14.0 Å². The average molecular weight is 391 g/mol. The van der Waals surface area contributed by atoms with Crippen LogP contribution < -0.4 is 5.32 Å². The van der Waals surface area contributed by atoms with Crippen LogP contribution in [0.2, 0.25) is 5.02 Å². The number of carbonyl (C=O) groups is 2. The van der Waals surface area contributed by atoms with E-state index in [-0.39, 0.29) is 24.4 Å². The number of rotatable bonds is 4. The van der Waals surface area contributed by atoms with Crippen molar-refractivity contribution in [1.82, 2.24) is 4.90 Å². The van der Waals surface area contributed by atoms with Gasteiger partial charge in [-0.25, -0.2) is 4.39 Å². The van der Waals surface area contributed by atoms with Gasteiger partial charge in [-0.05, 0) is 43.2 Å². The van der Waals surface area contributed by atoms with E-state index in [1.165, 1.54) is 17.8 Å². The number of hydrogen-bond donors (Lipinski definition) is 1. The van der Waals surface area contributed by atoms with Crippen LogP contribution in [0.3, 0.4) is 0 Å². The predicted octanol–water partition coefficient (Wildman–Crippen LogP) is 4.33. The first-order valence-electron chi connectivity index (χ1n) is 8.33. The van der Waals surface area contributed by atoms with Crippen LogP contribution in [-0.2, 0) is 11.3 Å². The van der Waals surface area contributed by atoms with E-state index in [0.717, 1.165) is 17.7 Å². The zero-order valence-electron chi connectivity index (χ0n) is 13.8. The number of carbonyl (C=O) groups excluding carboxylic acids is 2. The van der Waals surface area contributed by atoms with Gasteiger partial charge < -0.3 is 10.2 Å². The topological polar surface area (TPSA) is 49.4 Å². The lowest BCUT2D eigenvalue weighted by Crippen LogP contribution is -2.33. The highest BCUT2D eigenvalue weighted by Crippen LogP contribution is 2.35. The lowest BCUT2D eigenvalue weighted by atomic mass is 10.1. The van der Waals surface area contributed by atoms with E-state index in [1.807, 2.05) is 6.07 Å². The fourth-order valence-electron chi connectivity index (χ4n) is 2.99. The Kier molecular flexibility index (Phi) is 4.63. The van der Waals surface area contributed by atoms with Crippen molar-refractivity contribution < 1.29 is 14.0 Å². The summed E-state index contributed by atoms with van der Waals surface area (Å²) in [5.74, 6) is -0.297. The molecule has 1 saturated carbocycles. The molecule has 26 heavy (non-hydrogen) atoms. The number of nitrogens with zero attached hydrogens (tertiary/aromatic N) is 1. The average Bonchev–Trinajstić information content (AvgIpc) is 3.45. The molecule has 4 nitrogen and oxygen atoms in total. The largest absolute Gasteiger partial charge is 0.331 e. The van der Waals surface area contributed by atoms with Crippen LogP contribution in [0.15, 0.2) is 41.3 Å². The highest BCUT2D eigenvalue weighted by atomic mass is 35.5. The van der Waals surface area contributed by atoms with Gasteiger partial charge in [0, 0.05) is 27.1 Å². The highest BCUT2D eigenvalue weighted by Gasteiger charge is 2.34. The summed E-state index contributed by atoms with van der Waals surface area (Å²) >= 11 is 7.58. The summed E-state index contributed by atoms with van der Waals surface area (Å²) < 4.78 is 14.2. The van der Waals surface area contributed by atoms with E-state index in [4.69, 9.17) is 11.6 Å². The number of fused-ring (bicyclic) bond motifs is 1. The zero-order valence-corrected chi connectivity index (χ0v) is 15.4. The second-order valence-electron chi connectivity index (χ2n) is 6.41. The summed E-state index contributed by atoms with van der Waals surface area (Å²) in [5, 5.41) is 3.11. The third-order valence-corrected chi connectivity index (χ3v) is 5.93. The lowest BCUT2D eigenvalue weighted by molar-refractivity contribution is -0.113. The van der Waals surface area contributed by atoms with Crippen LogP contribution >= 0.6 is 23.4 Å². The van der Waals surface area contributed by atoms with E-state index in [0.29, 0.717) is 27.6 Å². The Labute approximate surface area is 159 Å². The molecule has 0 bridgehead atoms. The highest BCUT2D eigenvalue weighted by molar-refractivity contribution is 8.00. The van der Waals surface area contributed by atoms with Crippen molar-refractivity contribution in [3.05, 3.63) is 58.4 Å². The predicted molar refractivity (Wildman–Crippen MR) is 100 cm³/mol. The fraction of sp³-hybridized carbons (Fsp3) is 0.263. The summed E-state index contributed by atoms with van der Waals surface area (Å²) in [5.41, 5.74) is 1.46. The molecule has 0 aromatic heterocycles. The number of halogens is 2. The minimum atomic E-state index is -0.412. The minimum Gasteiger partial charge on any atom is -0.331 e. The lowest BCUT2D eigenvalue weighted by Gasteiger charge is -2.24. The maximum Gasteiger partial charge on any atom is 0.254 e. The molecule has 7 heteroatoms. The first-order valence-corrected chi connectivity index (χ1v) is 9.70. The van der Waals surface area contributed by atoms with Crippen molar-refractivity contribution in [3.63, 3.8) is 0 Å². The number of benzene rings is 2. The van der Waals surface area contributed by atoms with Gasteiger partial charge in [-0.3, -0.25) is 9.59 Å². The van der Waals surface area contributed by atoms with Crippen LogP contribution in [-0.4, -0.2) is 28.5 Å². The van der Waals surface area contributed by atoms with Crippen molar-refractivity contribution in [1.29, 1.82) is 0 Å². The van der Waals surface area contributed by atoms with Gasteiger partial charge in [0.1, 0.15) is 5.82 Å². The molecule has 0 atom stereocenters. The van der Waals surface area contributed by atoms with Gasteiger partial charge in [-0.1, -0.05) is 17.7 Å². The van der Waals surface area contributed by atoms with Gasteiger partial charge in [0.25, 0.3) is 5.91 Å². The molecule has 2 amide bonds. The standard InChI is InChI=1S/C19H16ClFN2O2S/c20-14-2-1-3-15(21)13(14)9-23(12-5-6-12)19(25)11-4-7-17-16(8-11)22-18(24)10-26-17/h1-4,7-8,12H,5-6,9-10H2,(H,22,24). The van der Waals surface area contributed by atoms with Gasteiger partial charge in [0.2, 0.25) is 5.91 Å². The Balaban J connectivity index is 1.62. The fourth-order valence-corrected chi connectivity index (χ4v) is 4.00. The molecule has 4 rings (SSSR count). The number of nitrogens with one attached hydrogen (secondary N) is 1.